The summed E-state index contributed by atoms with van der Waals surface area (Å²) in [6.45, 7) is 0.621. The van der Waals surface area contributed by atoms with Crippen molar-refractivity contribution >= 4 is 23.2 Å². The molecule has 7 heteroatoms. The molecule has 2 heterocycles. The van der Waals surface area contributed by atoms with Gasteiger partial charge in [-0.2, -0.15) is 0 Å². The zero-order valence-electron chi connectivity index (χ0n) is 13.7. The Kier molecular flexibility index (Phi) is 5.43. The maximum Gasteiger partial charge on any atom is 0.303 e. The van der Waals surface area contributed by atoms with Gasteiger partial charge in [0.05, 0.1) is 6.20 Å². The third kappa shape index (κ3) is 4.04. The molecule has 132 valence electrons. The van der Waals surface area contributed by atoms with Gasteiger partial charge in [-0.05, 0) is 37.8 Å². The summed E-state index contributed by atoms with van der Waals surface area (Å²) in [6, 6.07) is 6.29. The van der Waals surface area contributed by atoms with E-state index in [2.05, 4.69) is 4.98 Å². The number of hydrogen-bond donors (Lipinski definition) is 1. The first-order valence-corrected chi connectivity index (χ1v) is 9.11. The zero-order chi connectivity index (χ0) is 17.8. The van der Waals surface area contributed by atoms with Crippen LogP contribution in [0, 0.1) is 5.82 Å². The van der Waals surface area contributed by atoms with E-state index in [0.717, 1.165) is 19.3 Å². The number of thiazole rings is 1. The second kappa shape index (κ2) is 7.74. The van der Waals surface area contributed by atoms with Crippen molar-refractivity contribution in [3.8, 4) is 10.6 Å². The number of carboxylic acid groups (broad SMARTS) is 1. The molecule has 1 N–H and O–H groups in total. The van der Waals surface area contributed by atoms with E-state index in [1.54, 1.807) is 23.1 Å². The molecule has 0 aliphatic carbocycles. The molecule has 1 unspecified atom stereocenters. The Labute approximate surface area is 149 Å². The summed E-state index contributed by atoms with van der Waals surface area (Å²) in [5, 5.41) is 9.37. The molecular formula is C18H19FN2O3S. The minimum atomic E-state index is -0.849. The average molecular weight is 362 g/mol. The summed E-state index contributed by atoms with van der Waals surface area (Å²) in [4.78, 5) is 30.1. The van der Waals surface area contributed by atoms with E-state index in [1.165, 1.54) is 23.6 Å². The Hall–Kier alpha value is -2.28. The molecule has 1 saturated heterocycles. The predicted molar refractivity (Wildman–Crippen MR) is 93.1 cm³/mol. The lowest BCUT2D eigenvalue weighted by Gasteiger charge is -2.35. The molecule has 25 heavy (non-hydrogen) atoms. The molecule has 1 fully saturated rings. The number of carboxylic acids is 1. The summed E-state index contributed by atoms with van der Waals surface area (Å²) >= 11 is 1.17. The Bertz CT molecular complexity index is 777. The van der Waals surface area contributed by atoms with Crippen molar-refractivity contribution in [2.24, 2.45) is 0 Å². The second-order valence-corrected chi connectivity index (χ2v) is 7.12. The third-order valence-corrected chi connectivity index (χ3v) is 5.42. The molecule has 2 aromatic rings. The molecule has 1 aliphatic rings. The van der Waals surface area contributed by atoms with Crippen molar-refractivity contribution in [3.63, 3.8) is 0 Å². The second-order valence-electron chi connectivity index (χ2n) is 6.09. The van der Waals surface area contributed by atoms with Crippen LogP contribution in [-0.2, 0) is 4.79 Å². The van der Waals surface area contributed by atoms with Crippen LogP contribution < -0.4 is 0 Å². The highest BCUT2D eigenvalue weighted by Gasteiger charge is 2.29. The summed E-state index contributed by atoms with van der Waals surface area (Å²) in [7, 11) is 0. The van der Waals surface area contributed by atoms with Crippen molar-refractivity contribution in [2.45, 2.75) is 38.1 Å². The van der Waals surface area contributed by atoms with Crippen molar-refractivity contribution in [2.75, 3.05) is 6.54 Å². The fraction of sp³-hybridized carbons (Fsp3) is 0.389. The predicted octanol–water partition coefficient (Wildman–Crippen LogP) is 3.81. The number of hydrogen-bond acceptors (Lipinski definition) is 4. The first-order chi connectivity index (χ1) is 12.1. The van der Waals surface area contributed by atoms with Crippen LogP contribution in [0.2, 0.25) is 0 Å². The summed E-state index contributed by atoms with van der Waals surface area (Å²) < 4.78 is 13.9. The first-order valence-electron chi connectivity index (χ1n) is 8.30. The standard InChI is InChI=1S/C18H19FN2O3S/c19-14-7-2-1-6-13(14)17-20-11-15(25-17)18(24)21-10-4-3-5-12(21)8-9-16(22)23/h1-2,6-7,11-12H,3-5,8-10H2,(H,22,23). The number of carbonyl (C=O) groups is 2. The molecule has 0 spiro atoms. The first kappa shape index (κ1) is 17.5. The number of likely N-dealkylation sites (tertiary alicyclic amines) is 1. The third-order valence-electron chi connectivity index (χ3n) is 4.40. The number of carbonyl (C=O) groups excluding carboxylic acids is 1. The van der Waals surface area contributed by atoms with E-state index < -0.39 is 5.97 Å². The Balaban J connectivity index is 1.78. The highest BCUT2D eigenvalue weighted by atomic mass is 32.1. The van der Waals surface area contributed by atoms with Crippen molar-refractivity contribution < 1.29 is 19.1 Å². The number of aliphatic carboxylic acids is 1. The maximum absolute atomic E-state index is 13.9. The fourth-order valence-corrected chi connectivity index (χ4v) is 4.03. The van der Waals surface area contributed by atoms with Gasteiger partial charge in [0.1, 0.15) is 15.7 Å². The van der Waals surface area contributed by atoms with Crippen LogP contribution in [0.25, 0.3) is 10.6 Å². The van der Waals surface area contributed by atoms with Gasteiger partial charge in [-0.25, -0.2) is 9.37 Å². The summed E-state index contributed by atoms with van der Waals surface area (Å²) in [6.07, 6.45) is 4.72. The molecular weight excluding hydrogens is 343 g/mol. The number of aromatic nitrogens is 1. The smallest absolute Gasteiger partial charge is 0.303 e. The SMILES string of the molecule is O=C(O)CCC1CCCCN1C(=O)c1cnc(-c2ccccc2F)s1. The van der Waals surface area contributed by atoms with E-state index in [1.807, 2.05) is 0 Å². The van der Waals surface area contributed by atoms with Gasteiger partial charge in [0.25, 0.3) is 5.91 Å². The normalized spacial score (nSPS) is 17.5. The number of halogens is 1. The number of piperidine rings is 1. The van der Waals surface area contributed by atoms with Crippen LogP contribution in [0.3, 0.4) is 0 Å². The minimum absolute atomic E-state index is 0.0532. The van der Waals surface area contributed by atoms with Gasteiger partial charge in [-0.3, -0.25) is 9.59 Å². The molecule has 3 rings (SSSR count). The number of amides is 1. The molecule has 1 aliphatic heterocycles. The zero-order valence-corrected chi connectivity index (χ0v) is 14.5. The lowest BCUT2D eigenvalue weighted by atomic mass is 9.97. The van der Waals surface area contributed by atoms with Crippen LogP contribution >= 0.6 is 11.3 Å². The molecule has 1 aromatic heterocycles. The van der Waals surface area contributed by atoms with Crippen LogP contribution in [0.5, 0.6) is 0 Å². The number of nitrogens with zero attached hydrogens (tertiary/aromatic N) is 2. The minimum Gasteiger partial charge on any atom is -0.481 e. The van der Waals surface area contributed by atoms with Crippen LogP contribution in [0.15, 0.2) is 30.5 Å². The van der Waals surface area contributed by atoms with E-state index >= 15 is 0 Å². The number of rotatable bonds is 5. The number of benzene rings is 1. The van der Waals surface area contributed by atoms with Crippen LogP contribution in [0.1, 0.15) is 41.8 Å². The molecule has 1 atom stereocenters. The van der Waals surface area contributed by atoms with Crippen LogP contribution in [-0.4, -0.2) is 39.5 Å². The largest absolute Gasteiger partial charge is 0.481 e. The quantitative estimate of drug-likeness (QED) is 0.878. The Morgan fingerprint density at radius 2 is 2.12 bits per heavy atom. The van der Waals surface area contributed by atoms with Crippen molar-refractivity contribution in [1.29, 1.82) is 0 Å². The van der Waals surface area contributed by atoms with Gasteiger partial charge >= 0.3 is 5.97 Å². The lowest BCUT2D eigenvalue weighted by molar-refractivity contribution is -0.137. The Morgan fingerprint density at radius 1 is 1.32 bits per heavy atom. The molecule has 0 radical (unpaired) electrons. The van der Waals surface area contributed by atoms with E-state index in [9.17, 15) is 14.0 Å². The lowest BCUT2D eigenvalue weighted by Crippen LogP contribution is -2.43. The average Bonchev–Trinajstić information content (AvgIpc) is 3.10. The maximum atomic E-state index is 13.9. The van der Waals surface area contributed by atoms with Gasteiger partial charge in [0, 0.05) is 24.6 Å². The summed E-state index contributed by atoms with van der Waals surface area (Å²) in [5.74, 6) is -1.36. The molecule has 1 aromatic carbocycles. The van der Waals surface area contributed by atoms with Gasteiger partial charge in [0.2, 0.25) is 0 Å². The fourth-order valence-electron chi connectivity index (χ4n) is 3.13. The molecule has 5 nitrogen and oxygen atoms in total. The van der Waals surface area contributed by atoms with Gasteiger partial charge < -0.3 is 10.0 Å². The summed E-state index contributed by atoms with van der Waals surface area (Å²) in [5.41, 5.74) is 0.382. The van der Waals surface area contributed by atoms with Crippen molar-refractivity contribution in [3.05, 3.63) is 41.2 Å². The van der Waals surface area contributed by atoms with E-state index in [0.29, 0.717) is 28.4 Å². The van der Waals surface area contributed by atoms with Crippen molar-refractivity contribution in [1.82, 2.24) is 9.88 Å². The molecule has 0 saturated carbocycles. The highest BCUT2D eigenvalue weighted by Crippen LogP contribution is 2.30. The van der Waals surface area contributed by atoms with E-state index in [4.69, 9.17) is 5.11 Å². The Morgan fingerprint density at radius 3 is 2.88 bits per heavy atom. The van der Waals surface area contributed by atoms with Gasteiger partial charge in [-0.1, -0.05) is 12.1 Å². The van der Waals surface area contributed by atoms with E-state index in [-0.39, 0.29) is 24.2 Å². The topological polar surface area (TPSA) is 70.5 Å². The van der Waals surface area contributed by atoms with Crippen LogP contribution in [0.4, 0.5) is 4.39 Å². The monoisotopic (exact) mass is 362 g/mol. The molecule has 1 amide bonds. The van der Waals surface area contributed by atoms with Gasteiger partial charge in [-0.15, -0.1) is 11.3 Å². The molecule has 0 bridgehead atoms. The van der Waals surface area contributed by atoms with Gasteiger partial charge in [0.15, 0.2) is 0 Å². The highest BCUT2D eigenvalue weighted by molar-refractivity contribution is 7.16.